The van der Waals surface area contributed by atoms with Crippen LogP contribution in [-0.4, -0.2) is 37.9 Å². The first-order valence-electron chi connectivity index (χ1n) is 8.94. The molecule has 0 fully saturated rings. The molecule has 26 heavy (non-hydrogen) atoms. The number of methoxy groups -OCH3 is 1. The lowest BCUT2D eigenvalue weighted by molar-refractivity contribution is -0.00507. The third kappa shape index (κ3) is 4.59. The average molecular weight is 358 g/mol. The Bertz CT molecular complexity index is 707. The normalized spacial score (nSPS) is 24.1. The molecular weight excluding hydrogens is 328 g/mol. The molecule has 1 aliphatic rings. The zero-order valence-corrected chi connectivity index (χ0v) is 16.6. The molecule has 1 aromatic rings. The molecule has 0 radical (unpaired) electrons. The second-order valence-electron chi connectivity index (χ2n) is 7.51. The summed E-state index contributed by atoms with van der Waals surface area (Å²) in [6, 6.07) is 7.71. The van der Waals surface area contributed by atoms with Gasteiger partial charge in [0, 0.05) is 25.6 Å². The zero-order valence-electron chi connectivity index (χ0n) is 16.6. The Balaban J connectivity index is 2.30. The van der Waals surface area contributed by atoms with Crippen molar-refractivity contribution in [2.45, 2.75) is 52.8 Å². The number of carbonyl (C=O) groups is 1. The Morgan fingerprint density at radius 3 is 2.62 bits per heavy atom. The van der Waals surface area contributed by atoms with Crippen LogP contribution in [0, 0.1) is 5.41 Å². The van der Waals surface area contributed by atoms with Crippen molar-refractivity contribution >= 4 is 11.5 Å². The Kier molecular flexibility index (Phi) is 6.73. The molecule has 1 aliphatic carbocycles. The van der Waals surface area contributed by atoms with E-state index in [2.05, 4.69) is 30.4 Å². The van der Waals surface area contributed by atoms with Crippen molar-refractivity contribution in [2.24, 2.45) is 10.6 Å². The molecule has 0 spiro atoms. The van der Waals surface area contributed by atoms with Gasteiger partial charge in [-0.1, -0.05) is 49.3 Å². The minimum absolute atomic E-state index is 0.000398. The summed E-state index contributed by atoms with van der Waals surface area (Å²) in [5.41, 5.74) is 3.64. The van der Waals surface area contributed by atoms with Gasteiger partial charge in [0.25, 0.3) is 0 Å². The lowest BCUT2D eigenvalue weighted by atomic mass is 9.79. The second kappa shape index (κ2) is 8.60. The molecule has 0 saturated carbocycles. The topological polar surface area (TPSA) is 59.9 Å². The predicted octanol–water partition coefficient (Wildman–Crippen LogP) is 3.74. The van der Waals surface area contributed by atoms with Gasteiger partial charge in [0.05, 0.1) is 17.9 Å². The van der Waals surface area contributed by atoms with Crippen LogP contribution in [0.5, 0.6) is 0 Å². The highest BCUT2D eigenvalue weighted by atomic mass is 16.6. The number of ether oxygens (including phenoxy) is 1. The second-order valence-corrected chi connectivity index (χ2v) is 7.51. The fourth-order valence-corrected chi connectivity index (χ4v) is 3.70. The van der Waals surface area contributed by atoms with Crippen LogP contribution in [0.1, 0.15) is 50.0 Å². The molecule has 5 nitrogen and oxygen atoms in total. The highest BCUT2D eigenvalue weighted by molar-refractivity contribution is 6.00. The van der Waals surface area contributed by atoms with Crippen molar-refractivity contribution in [1.29, 1.82) is 0 Å². The SMILES string of the molecule is CO/N=C1\CC(C)(C)C(OC)C(NCc2ccccc2C(C)=O)C=C1C. The maximum absolute atomic E-state index is 11.9. The van der Waals surface area contributed by atoms with Crippen LogP contribution < -0.4 is 5.32 Å². The first-order valence-corrected chi connectivity index (χ1v) is 8.94. The van der Waals surface area contributed by atoms with Crippen LogP contribution in [-0.2, 0) is 16.1 Å². The van der Waals surface area contributed by atoms with Crippen LogP contribution in [0.4, 0.5) is 0 Å². The largest absolute Gasteiger partial charge is 0.399 e. The molecule has 2 unspecified atom stereocenters. The van der Waals surface area contributed by atoms with E-state index >= 15 is 0 Å². The number of nitrogens with one attached hydrogen (secondary N) is 1. The van der Waals surface area contributed by atoms with Gasteiger partial charge in [-0.25, -0.2) is 0 Å². The van der Waals surface area contributed by atoms with E-state index in [0.29, 0.717) is 6.54 Å². The predicted molar refractivity (Wildman–Crippen MR) is 104 cm³/mol. The van der Waals surface area contributed by atoms with Gasteiger partial charge in [-0.3, -0.25) is 4.79 Å². The average Bonchev–Trinajstić information content (AvgIpc) is 2.67. The molecule has 0 bridgehead atoms. The van der Waals surface area contributed by atoms with Crippen LogP contribution in [0.2, 0.25) is 0 Å². The number of hydrogen-bond acceptors (Lipinski definition) is 5. The van der Waals surface area contributed by atoms with Crippen LogP contribution in [0.3, 0.4) is 0 Å². The van der Waals surface area contributed by atoms with Crippen molar-refractivity contribution in [1.82, 2.24) is 5.32 Å². The third-order valence-electron chi connectivity index (χ3n) is 4.98. The molecule has 0 aromatic heterocycles. The molecule has 142 valence electrons. The summed E-state index contributed by atoms with van der Waals surface area (Å²) in [6.07, 6.45) is 2.88. The van der Waals surface area contributed by atoms with E-state index < -0.39 is 0 Å². The van der Waals surface area contributed by atoms with Crippen LogP contribution in [0.25, 0.3) is 0 Å². The fraction of sp³-hybridized carbons (Fsp3) is 0.524. The van der Waals surface area contributed by atoms with E-state index in [0.717, 1.165) is 28.8 Å². The number of Topliss-reactive ketones (excluding diaryl/α,β-unsaturated/α-hetero) is 1. The lowest BCUT2D eigenvalue weighted by Gasteiger charge is -2.36. The highest BCUT2D eigenvalue weighted by Crippen LogP contribution is 2.35. The molecule has 2 rings (SSSR count). The fourth-order valence-electron chi connectivity index (χ4n) is 3.70. The standard InChI is InChI=1S/C21H30N2O3/c1-14-11-18(20(25-5)21(3,4)12-19(14)23-26-6)22-13-16-9-7-8-10-17(16)15(2)24/h7-11,18,20,22H,12-13H2,1-6H3/b23-19+. The van der Waals surface area contributed by atoms with Crippen molar-refractivity contribution in [3.05, 3.63) is 47.0 Å². The van der Waals surface area contributed by atoms with Gasteiger partial charge in [0.15, 0.2) is 5.78 Å². The molecule has 0 aliphatic heterocycles. The number of carbonyl (C=O) groups excluding carboxylic acids is 1. The van der Waals surface area contributed by atoms with Crippen molar-refractivity contribution in [3.63, 3.8) is 0 Å². The highest BCUT2D eigenvalue weighted by Gasteiger charge is 2.39. The Labute approximate surface area is 156 Å². The summed E-state index contributed by atoms with van der Waals surface area (Å²) in [5, 5.41) is 7.77. The third-order valence-corrected chi connectivity index (χ3v) is 4.98. The number of benzene rings is 1. The summed E-state index contributed by atoms with van der Waals surface area (Å²) < 4.78 is 5.87. The van der Waals surface area contributed by atoms with E-state index in [1.165, 1.54) is 0 Å². The van der Waals surface area contributed by atoms with Crippen LogP contribution in [0.15, 0.2) is 41.1 Å². The van der Waals surface area contributed by atoms with Gasteiger partial charge in [-0.2, -0.15) is 0 Å². The number of nitrogens with zero attached hydrogens (tertiary/aromatic N) is 1. The number of rotatable bonds is 6. The van der Waals surface area contributed by atoms with Gasteiger partial charge in [0.1, 0.15) is 7.11 Å². The first kappa shape index (κ1) is 20.3. The Morgan fingerprint density at radius 1 is 1.31 bits per heavy atom. The Morgan fingerprint density at radius 2 is 2.00 bits per heavy atom. The summed E-state index contributed by atoms with van der Waals surface area (Å²) >= 11 is 0. The van der Waals surface area contributed by atoms with Crippen LogP contribution >= 0.6 is 0 Å². The summed E-state index contributed by atoms with van der Waals surface area (Å²) in [7, 11) is 3.31. The van der Waals surface area contributed by atoms with E-state index in [4.69, 9.17) is 9.57 Å². The smallest absolute Gasteiger partial charge is 0.160 e. The number of ketones is 1. The van der Waals surface area contributed by atoms with E-state index in [-0.39, 0.29) is 23.3 Å². The molecule has 1 aromatic carbocycles. The van der Waals surface area contributed by atoms with E-state index in [1.807, 2.05) is 31.2 Å². The zero-order chi connectivity index (χ0) is 19.3. The summed E-state index contributed by atoms with van der Waals surface area (Å²) in [4.78, 5) is 16.9. The maximum Gasteiger partial charge on any atom is 0.160 e. The molecule has 0 saturated heterocycles. The quantitative estimate of drug-likeness (QED) is 0.622. The molecule has 0 amide bonds. The summed E-state index contributed by atoms with van der Waals surface area (Å²) in [6.45, 7) is 8.60. The number of hydrogen-bond donors (Lipinski definition) is 1. The first-order chi connectivity index (χ1) is 12.3. The number of oxime groups is 1. The summed E-state index contributed by atoms with van der Waals surface area (Å²) in [5.74, 6) is 0.0770. The number of allylic oxidation sites excluding steroid dienone is 1. The van der Waals surface area contributed by atoms with Crippen molar-refractivity contribution < 1.29 is 14.4 Å². The minimum atomic E-state index is -0.127. The van der Waals surface area contributed by atoms with Gasteiger partial charge in [-0.05, 0) is 30.4 Å². The van der Waals surface area contributed by atoms with Crippen molar-refractivity contribution in [3.8, 4) is 0 Å². The Hall–Kier alpha value is -1.98. The molecular formula is C21H30N2O3. The molecule has 1 N–H and O–H groups in total. The molecule has 5 heteroatoms. The minimum Gasteiger partial charge on any atom is -0.399 e. The van der Waals surface area contributed by atoms with E-state index in [1.54, 1.807) is 21.1 Å². The van der Waals surface area contributed by atoms with Gasteiger partial charge in [-0.15, -0.1) is 0 Å². The van der Waals surface area contributed by atoms with E-state index in [9.17, 15) is 4.79 Å². The van der Waals surface area contributed by atoms with Crippen molar-refractivity contribution in [2.75, 3.05) is 14.2 Å². The monoisotopic (exact) mass is 358 g/mol. The molecule has 2 atom stereocenters. The van der Waals surface area contributed by atoms with Gasteiger partial charge < -0.3 is 14.9 Å². The van der Waals surface area contributed by atoms with Gasteiger partial charge in [0.2, 0.25) is 0 Å². The maximum atomic E-state index is 11.9. The lowest BCUT2D eigenvalue weighted by Crippen LogP contribution is -2.47. The van der Waals surface area contributed by atoms with Gasteiger partial charge >= 0.3 is 0 Å². The molecule has 0 heterocycles.